The van der Waals surface area contributed by atoms with E-state index in [9.17, 15) is 9.59 Å². The molecule has 26 heavy (non-hydrogen) atoms. The fourth-order valence-electron chi connectivity index (χ4n) is 2.40. The van der Waals surface area contributed by atoms with E-state index in [1.165, 1.54) is 6.20 Å². The molecule has 3 heterocycles. The normalized spacial score (nSPS) is 10.5. The summed E-state index contributed by atoms with van der Waals surface area (Å²) in [6.45, 7) is 2.97. The molecule has 0 aliphatic heterocycles. The molecule has 2 amide bonds. The lowest BCUT2D eigenvalue weighted by atomic mass is 10.2. The first kappa shape index (κ1) is 17.8. The lowest BCUT2D eigenvalue weighted by Crippen LogP contribution is -2.29. The molecular weight excluding hydrogens is 352 g/mol. The molecule has 0 atom stereocenters. The highest BCUT2D eigenvalue weighted by atomic mass is 32.1. The number of carbonyl (C=O) groups is 2. The van der Waals surface area contributed by atoms with Crippen molar-refractivity contribution in [1.29, 1.82) is 0 Å². The Morgan fingerprint density at radius 1 is 1.27 bits per heavy atom. The van der Waals surface area contributed by atoms with Crippen LogP contribution in [0.5, 0.6) is 0 Å². The Morgan fingerprint density at radius 3 is 2.85 bits per heavy atom. The highest BCUT2D eigenvalue weighted by Gasteiger charge is 2.20. The van der Waals surface area contributed by atoms with E-state index in [0.717, 1.165) is 4.88 Å². The maximum Gasteiger partial charge on any atom is 0.273 e. The van der Waals surface area contributed by atoms with E-state index in [-0.39, 0.29) is 24.1 Å². The quantitative estimate of drug-likeness (QED) is 0.691. The Morgan fingerprint density at radius 2 is 2.15 bits per heavy atom. The summed E-state index contributed by atoms with van der Waals surface area (Å²) in [6, 6.07) is 8.90. The van der Waals surface area contributed by atoms with Gasteiger partial charge in [-0.15, -0.1) is 11.3 Å². The molecule has 0 aromatic carbocycles. The smallest absolute Gasteiger partial charge is 0.273 e. The van der Waals surface area contributed by atoms with Gasteiger partial charge in [0.15, 0.2) is 11.5 Å². The van der Waals surface area contributed by atoms with Crippen molar-refractivity contribution in [3.63, 3.8) is 0 Å². The summed E-state index contributed by atoms with van der Waals surface area (Å²) in [7, 11) is 0. The Labute approximate surface area is 154 Å². The highest BCUT2D eigenvalue weighted by Crippen LogP contribution is 2.17. The van der Waals surface area contributed by atoms with Gasteiger partial charge in [0.05, 0.1) is 18.7 Å². The van der Waals surface area contributed by atoms with Gasteiger partial charge in [-0.3, -0.25) is 14.6 Å². The van der Waals surface area contributed by atoms with Crippen molar-refractivity contribution in [2.75, 3.05) is 6.54 Å². The molecule has 7 nitrogen and oxygen atoms in total. The minimum atomic E-state index is -0.300. The van der Waals surface area contributed by atoms with Crippen molar-refractivity contribution in [3.8, 4) is 0 Å². The van der Waals surface area contributed by atoms with Crippen LogP contribution >= 0.6 is 11.3 Å². The van der Waals surface area contributed by atoms with E-state index in [0.29, 0.717) is 24.4 Å². The molecule has 0 bridgehead atoms. The van der Waals surface area contributed by atoms with Crippen molar-refractivity contribution in [2.45, 2.75) is 20.0 Å². The number of rotatable bonds is 7. The van der Waals surface area contributed by atoms with Crippen LogP contribution in [0.15, 0.2) is 52.6 Å². The summed E-state index contributed by atoms with van der Waals surface area (Å²) >= 11 is 1.57. The average molecular weight is 370 g/mol. The molecule has 3 aromatic rings. The van der Waals surface area contributed by atoms with Gasteiger partial charge >= 0.3 is 0 Å². The average Bonchev–Trinajstić information content (AvgIpc) is 3.33. The van der Waals surface area contributed by atoms with E-state index in [4.69, 9.17) is 4.52 Å². The van der Waals surface area contributed by atoms with Gasteiger partial charge < -0.3 is 14.7 Å². The number of nitrogens with one attached hydrogen (secondary N) is 1. The van der Waals surface area contributed by atoms with E-state index in [1.807, 2.05) is 24.4 Å². The molecule has 0 unspecified atom stereocenters. The van der Waals surface area contributed by atoms with Crippen LogP contribution in [0.3, 0.4) is 0 Å². The van der Waals surface area contributed by atoms with Crippen LogP contribution in [0.4, 0.5) is 0 Å². The van der Waals surface area contributed by atoms with Crippen molar-refractivity contribution < 1.29 is 14.1 Å². The third-order valence-electron chi connectivity index (χ3n) is 3.60. The topological polar surface area (TPSA) is 88.3 Å². The van der Waals surface area contributed by atoms with E-state index < -0.39 is 0 Å². The zero-order valence-corrected chi connectivity index (χ0v) is 15.0. The number of carbonyl (C=O) groups excluding carboxylic acids is 2. The summed E-state index contributed by atoms with van der Waals surface area (Å²) in [5.74, 6) is -0.0200. The predicted molar refractivity (Wildman–Crippen MR) is 96.6 cm³/mol. The van der Waals surface area contributed by atoms with Gasteiger partial charge in [-0.2, -0.15) is 0 Å². The second-order valence-corrected chi connectivity index (χ2v) is 6.55. The first-order chi connectivity index (χ1) is 12.7. The van der Waals surface area contributed by atoms with Crippen LogP contribution in [0.1, 0.15) is 38.4 Å². The third-order valence-corrected chi connectivity index (χ3v) is 4.46. The van der Waals surface area contributed by atoms with Crippen LogP contribution in [0.2, 0.25) is 0 Å². The van der Waals surface area contributed by atoms with E-state index in [1.54, 1.807) is 40.6 Å². The summed E-state index contributed by atoms with van der Waals surface area (Å²) in [6.07, 6.45) is 3.15. The lowest BCUT2D eigenvalue weighted by molar-refractivity contribution is 0.0714. The molecule has 1 N–H and O–H groups in total. The van der Waals surface area contributed by atoms with Crippen molar-refractivity contribution >= 4 is 23.2 Å². The maximum atomic E-state index is 12.9. The van der Waals surface area contributed by atoms with Crippen molar-refractivity contribution in [2.24, 2.45) is 0 Å². The maximum absolute atomic E-state index is 12.9. The number of pyridine rings is 1. The number of hydrogen-bond acceptors (Lipinski definition) is 6. The molecule has 3 rings (SSSR count). The van der Waals surface area contributed by atoms with Crippen molar-refractivity contribution in [1.82, 2.24) is 20.4 Å². The summed E-state index contributed by atoms with van der Waals surface area (Å²) in [4.78, 5) is 31.4. The van der Waals surface area contributed by atoms with Crippen molar-refractivity contribution in [3.05, 3.63) is 70.0 Å². The monoisotopic (exact) mass is 370 g/mol. The minimum Gasteiger partial charge on any atom is -0.359 e. The van der Waals surface area contributed by atoms with Gasteiger partial charge in [0.25, 0.3) is 11.8 Å². The Balaban J connectivity index is 1.79. The zero-order valence-electron chi connectivity index (χ0n) is 14.2. The van der Waals surface area contributed by atoms with Crippen LogP contribution in [0.25, 0.3) is 0 Å². The SMILES string of the molecule is CCNC(=O)c1cc(CN(Cc2cccs2)C(=O)c2cccnc2)on1. The number of amides is 2. The predicted octanol–water partition coefficient (Wildman–Crippen LogP) is 2.72. The first-order valence-corrected chi connectivity index (χ1v) is 9.00. The Hall–Kier alpha value is -3.00. The molecule has 0 saturated carbocycles. The van der Waals surface area contributed by atoms with Gasteiger partial charge in [0.1, 0.15) is 0 Å². The summed E-state index contributed by atoms with van der Waals surface area (Å²) < 4.78 is 5.25. The fourth-order valence-corrected chi connectivity index (χ4v) is 3.12. The van der Waals surface area contributed by atoms with Gasteiger partial charge in [-0.1, -0.05) is 11.2 Å². The van der Waals surface area contributed by atoms with Crippen LogP contribution < -0.4 is 5.32 Å². The molecular formula is C18H18N4O3S. The third kappa shape index (κ3) is 4.34. The zero-order chi connectivity index (χ0) is 18.4. The lowest BCUT2D eigenvalue weighted by Gasteiger charge is -2.20. The summed E-state index contributed by atoms with van der Waals surface area (Å²) in [5, 5.41) is 8.41. The molecule has 0 saturated heterocycles. The molecule has 0 aliphatic carbocycles. The number of hydrogen-bond donors (Lipinski definition) is 1. The second kappa shape index (κ2) is 8.39. The van der Waals surface area contributed by atoms with Gasteiger partial charge in [-0.25, -0.2) is 0 Å². The molecule has 0 fully saturated rings. The second-order valence-electron chi connectivity index (χ2n) is 5.52. The first-order valence-electron chi connectivity index (χ1n) is 8.13. The minimum absolute atomic E-state index is 0.164. The fraction of sp³-hybridized carbons (Fsp3) is 0.222. The summed E-state index contributed by atoms with van der Waals surface area (Å²) in [5.41, 5.74) is 0.694. The van der Waals surface area contributed by atoms with E-state index in [2.05, 4.69) is 15.5 Å². The van der Waals surface area contributed by atoms with Gasteiger partial charge in [0, 0.05) is 29.9 Å². The standard InChI is InChI=1S/C18H18N4O3S/c1-2-20-17(23)16-9-14(25-21-16)11-22(12-15-6-4-8-26-15)18(24)13-5-3-7-19-10-13/h3-10H,2,11-12H2,1H3,(H,20,23). The molecule has 0 spiro atoms. The number of thiophene rings is 1. The van der Waals surface area contributed by atoms with Gasteiger partial charge in [0.2, 0.25) is 0 Å². The molecule has 134 valence electrons. The van der Waals surface area contributed by atoms with Gasteiger partial charge in [-0.05, 0) is 30.5 Å². The number of aromatic nitrogens is 2. The Kier molecular flexibility index (Phi) is 5.75. The van der Waals surface area contributed by atoms with Crippen LogP contribution in [-0.2, 0) is 13.1 Å². The largest absolute Gasteiger partial charge is 0.359 e. The van der Waals surface area contributed by atoms with Crippen LogP contribution in [0, 0.1) is 0 Å². The van der Waals surface area contributed by atoms with E-state index >= 15 is 0 Å². The molecule has 0 aliphatic rings. The highest BCUT2D eigenvalue weighted by molar-refractivity contribution is 7.09. The molecule has 3 aromatic heterocycles. The van der Waals surface area contributed by atoms with Crippen LogP contribution in [-0.4, -0.2) is 33.4 Å². The molecule has 8 heteroatoms. The Bertz CT molecular complexity index is 862. The molecule has 0 radical (unpaired) electrons. The number of nitrogens with zero attached hydrogens (tertiary/aromatic N) is 3.